The minimum atomic E-state index is -0.798. The Balaban J connectivity index is 1.81. The van der Waals surface area contributed by atoms with Crippen LogP contribution in [0.4, 0.5) is 0 Å². The van der Waals surface area contributed by atoms with Gasteiger partial charge < -0.3 is 5.11 Å². The molecular formula is C18H18O3. The van der Waals surface area contributed by atoms with Gasteiger partial charge in [-0.05, 0) is 47.6 Å². The lowest BCUT2D eigenvalue weighted by Gasteiger charge is -2.08. The summed E-state index contributed by atoms with van der Waals surface area (Å²) >= 11 is 0. The Kier molecular flexibility index (Phi) is 3.74. The fraction of sp³-hybridized carbons (Fsp3) is 0.333. The van der Waals surface area contributed by atoms with Crippen LogP contribution in [0.1, 0.15) is 47.2 Å². The van der Waals surface area contributed by atoms with Crippen molar-refractivity contribution in [2.75, 3.05) is 0 Å². The van der Waals surface area contributed by atoms with E-state index in [0.29, 0.717) is 19.3 Å². The highest BCUT2D eigenvalue weighted by molar-refractivity contribution is 6.10. The summed E-state index contributed by atoms with van der Waals surface area (Å²) in [6, 6.07) is 10.2. The zero-order valence-electron chi connectivity index (χ0n) is 11.9. The molecule has 0 amide bonds. The Hall–Kier alpha value is -2.16. The first-order valence-electron chi connectivity index (χ1n) is 7.45. The van der Waals surface area contributed by atoms with E-state index in [1.165, 1.54) is 16.5 Å². The van der Waals surface area contributed by atoms with Crippen LogP contribution < -0.4 is 0 Å². The number of aryl methyl sites for hydroxylation is 2. The number of carbonyl (C=O) groups excluding carboxylic acids is 1. The molecule has 0 fully saturated rings. The molecule has 0 atom stereocenters. The fourth-order valence-electron chi connectivity index (χ4n) is 3.19. The van der Waals surface area contributed by atoms with Gasteiger partial charge >= 0.3 is 5.97 Å². The van der Waals surface area contributed by atoms with Crippen molar-refractivity contribution in [2.45, 2.75) is 38.5 Å². The quantitative estimate of drug-likeness (QED) is 0.648. The molecule has 21 heavy (non-hydrogen) atoms. The normalized spacial score (nSPS) is 12.8. The van der Waals surface area contributed by atoms with Crippen molar-refractivity contribution in [2.24, 2.45) is 0 Å². The molecular weight excluding hydrogens is 264 g/mol. The molecule has 1 N–H and O–H groups in total. The van der Waals surface area contributed by atoms with E-state index in [2.05, 4.69) is 12.1 Å². The van der Waals surface area contributed by atoms with Crippen molar-refractivity contribution in [1.29, 1.82) is 0 Å². The summed E-state index contributed by atoms with van der Waals surface area (Å²) in [6.07, 6.45) is 3.87. The minimum absolute atomic E-state index is 0.121. The maximum absolute atomic E-state index is 12.4. The highest BCUT2D eigenvalue weighted by Crippen LogP contribution is 2.33. The number of rotatable bonds is 6. The number of hydrogen-bond donors (Lipinski definition) is 1. The molecule has 0 aliphatic heterocycles. The van der Waals surface area contributed by atoms with Crippen molar-refractivity contribution < 1.29 is 14.7 Å². The number of hydrogen-bond acceptors (Lipinski definition) is 2. The molecule has 3 heteroatoms. The highest BCUT2D eigenvalue weighted by atomic mass is 16.4. The van der Waals surface area contributed by atoms with Crippen LogP contribution in [0.5, 0.6) is 0 Å². The van der Waals surface area contributed by atoms with E-state index in [4.69, 9.17) is 5.11 Å². The van der Waals surface area contributed by atoms with Gasteiger partial charge in [0.1, 0.15) is 0 Å². The van der Waals surface area contributed by atoms with Crippen LogP contribution in [0, 0.1) is 0 Å². The highest BCUT2D eigenvalue weighted by Gasteiger charge is 2.18. The van der Waals surface area contributed by atoms with Gasteiger partial charge in [0.2, 0.25) is 0 Å². The Morgan fingerprint density at radius 3 is 2.43 bits per heavy atom. The van der Waals surface area contributed by atoms with Crippen molar-refractivity contribution >= 4 is 22.5 Å². The number of benzene rings is 2. The molecule has 0 aromatic heterocycles. The summed E-state index contributed by atoms with van der Waals surface area (Å²) in [5, 5.41) is 10.9. The lowest BCUT2D eigenvalue weighted by molar-refractivity contribution is -0.137. The predicted octanol–water partition coefficient (Wildman–Crippen LogP) is 3.77. The van der Waals surface area contributed by atoms with Gasteiger partial charge in [-0.3, -0.25) is 9.59 Å². The monoisotopic (exact) mass is 282 g/mol. The molecule has 0 spiro atoms. The molecule has 1 aliphatic rings. The summed E-state index contributed by atoms with van der Waals surface area (Å²) in [4.78, 5) is 22.9. The van der Waals surface area contributed by atoms with Gasteiger partial charge in [0.05, 0.1) is 0 Å². The van der Waals surface area contributed by atoms with E-state index >= 15 is 0 Å². The molecule has 108 valence electrons. The van der Waals surface area contributed by atoms with E-state index in [1.54, 1.807) is 0 Å². The van der Waals surface area contributed by atoms with Crippen molar-refractivity contribution in [1.82, 2.24) is 0 Å². The van der Waals surface area contributed by atoms with Crippen LogP contribution in [0.15, 0.2) is 30.3 Å². The molecule has 3 nitrogen and oxygen atoms in total. The minimum Gasteiger partial charge on any atom is -0.481 e. The first-order valence-corrected chi connectivity index (χ1v) is 7.45. The molecule has 0 heterocycles. The lowest BCUT2D eigenvalue weighted by atomic mass is 9.95. The average molecular weight is 282 g/mol. The second-order valence-electron chi connectivity index (χ2n) is 5.64. The van der Waals surface area contributed by atoms with Gasteiger partial charge in [0.25, 0.3) is 0 Å². The van der Waals surface area contributed by atoms with Gasteiger partial charge in [0.15, 0.2) is 5.78 Å². The Morgan fingerprint density at radius 1 is 0.952 bits per heavy atom. The van der Waals surface area contributed by atoms with E-state index < -0.39 is 5.97 Å². The molecule has 1 aliphatic carbocycles. The number of Topliss-reactive ketones (excluding diaryl/α,β-unsaturated/α-hetero) is 1. The SMILES string of the molecule is O=C(O)CCCCC(=O)c1ccc2c3c(cccc13)CC2. The predicted molar refractivity (Wildman–Crippen MR) is 81.8 cm³/mol. The number of ketones is 1. The molecule has 0 bridgehead atoms. The molecule has 0 unspecified atom stereocenters. The third-order valence-corrected chi connectivity index (χ3v) is 4.22. The van der Waals surface area contributed by atoms with Gasteiger partial charge in [0, 0.05) is 18.4 Å². The van der Waals surface area contributed by atoms with E-state index in [9.17, 15) is 9.59 Å². The van der Waals surface area contributed by atoms with Gasteiger partial charge in [-0.15, -0.1) is 0 Å². The summed E-state index contributed by atoms with van der Waals surface area (Å²) < 4.78 is 0. The molecule has 2 aromatic rings. The lowest BCUT2D eigenvalue weighted by Crippen LogP contribution is -2.02. The van der Waals surface area contributed by atoms with E-state index in [1.807, 2.05) is 18.2 Å². The first-order chi connectivity index (χ1) is 10.2. The van der Waals surface area contributed by atoms with E-state index in [0.717, 1.165) is 23.8 Å². The third-order valence-electron chi connectivity index (χ3n) is 4.22. The Morgan fingerprint density at radius 2 is 1.67 bits per heavy atom. The Labute approximate surface area is 123 Å². The van der Waals surface area contributed by atoms with E-state index in [-0.39, 0.29) is 12.2 Å². The largest absolute Gasteiger partial charge is 0.481 e. The number of unbranched alkanes of at least 4 members (excludes halogenated alkanes) is 1. The maximum Gasteiger partial charge on any atom is 0.303 e. The van der Waals surface area contributed by atoms with Gasteiger partial charge in [-0.1, -0.05) is 30.3 Å². The standard InChI is InChI=1S/C18H18O3/c19-16(6-1-2-7-17(20)21)14-11-10-13-9-8-12-4-3-5-15(14)18(12)13/h3-5,10-11H,1-2,6-9H2,(H,20,21). The molecule has 0 radical (unpaired) electrons. The number of aliphatic carboxylic acids is 1. The topological polar surface area (TPSA) is 54.4 Å². The second-order valence-corrected chi connectivity index (χ2v) is 5.64. The van der Waals surface area contributed by atoms with Crippen LogP contribution in [-0.4, -0.2) is 16.9 Å². The number of carbonyl (C=O) groups is 2. The zero-order chi connectivity index (χ0) is 14.8. The fourth-order valence-corrected chi connectivity index (χ4v) is 3.19. The molecule has 3 rings (SSSR count). The number of carboxylic acids is 1. The van der Waals surface area contributed by atoms with Crippen LogP contribution in [0.25, 0.3) is 10.8 Å². The smallest absolute Gasteiger partial charge is 0.303 e. The third kappa shape index (κ3) is 2.68. The first kappa shape index (κ1) is 13.8. The summed E-state index contributed by atoms with van der Waals surface area (Å²) in [6.45, 7) is 0. The summed E-state index contributed by atoms with van der Waals surface area (Å²) in [5.41, 5.74) is 3.46. The van der Waals surface area contributed by atoms with Crippen LogP contribution in [-0.2, 0) is 17.6 Å². The average Bonchev–Trinajstić information content (AvgIpc) is 2.89. The van der Waals surface area contributed by atoms with Crippen molar-refractivity contribution in [3.8, 4) is 0 Å². The van der Waals surface area contributed by atoms with Crippen molar-refractivity contribution in [3.63, 3.8) is 0 Å². The second kappa shape index (κ2) is 5.68. The van der Waals surface area contributed by atoms with Gasteiger partial charge in [-0.25, -0.2) is 0 Å². The van der Waals surface area contributed by atoms with Gasteiger partial charge in [-0.2, -0.15) is 0 Å². The molecule has 2 aromatic carbocycles. The maximum atomic E-state index is 12.4. The number of carboxylic acid groups (broad SMARTS) is 1. The Bertz CT molecular complexity index is 705. The summed E-state index contributed by atoms with van der Waals surface area (Å²) in [5.74, 6) is -0.677. The van der Waals surface area contributed by atoms with Crippen LogP contribution in [0.3, 0.4) is 0 Å². The zero-order valence-corrected chi connectivity index (χ0v) is 11.9. The van der Waals surface area contributed by atoms with Crippen LogP contribution >= 0.6 is 0 Å². The van der Waals surface area contributed by atoms with Crippen molar-refractivity contribution in [3.05, 3.63) is 47.0 Å². The molecule has 0 saturated heterocycles. The molecule has 0 saturated carbocycles. The van der Waals surface area contributed by atoms with Crippen LogP contribution in [0.2, 0.25) is 0 Å². The summed E-state index contributed by atoms with van der Waals surface area (Å²) in [7, 11) is 0.